The number of furan rings is 2. The zero-order valence-corrected chi connectivity index (χ0v) is 49.0. The fraction of sp³-hybridized carbons (Fsp3) is 0.0353. The zero-order valence-electron chi connectivity index (χ0n) is 49.0. The lowest BCUT2D eigenvalue weighted by atomic mass is 9.67. The van der Waals surface area contributed by atoms with Gasteiger partial charge in [-0.15, -0.1) is 0 Å². The zero-order chi connectivity index (χ0) is 59.2. The minimum absolute atomic E-state index is 0.556. The summed E-state index contributed by atoms with van der Waals surface area (Å²) in [6.07, 6.45) is 4.12. The van der Waals surface area contributed by atoms with E-state index in [1.165, 1.54) is 66.8 Å². The highest BCUT2D eigenvalue weighted by molar-refractivity contribution is 6.25. The fourth-order valence-electron chi connectivity index (χ4n) is 15.4. The maximum Gasteiger partial charge on any atom is 0.136 e. The Bertz CT molecular complexity index is 5220. The molecule has 13 aromatic carbocycles. The molecule has 0 saturated carbocycles. The number of hydrogen-bond donors (Lipinski definition) is 0. The van der Waals surface area contributed by atoms with Crippen molar-refractivity contribution in [1.29, 1.82) is 0 Å². The van der Waals surface area contributed by atoms with E-state index >= 15 is 0 Å². The second kappa shape index (κ2) is 20.6. The van der Waals surface area contributed by atoms with Crippen LogP contribution in [0.4, 0.5) is 28.4 Å². The fourth-order valence-corrected chi connectivity index (χ4v) is 15.4. The van der Waals surface area contributed by atoms with Crippen molar-refractivity contribution in [2.75, 3.05) is 9.80 Å². The molecule has 0 atom stereocenters. The van der Waals surface area contributed by atoms with Crippen LogP contribution in [0.1, 0.15) is 62.8 Å². The third kappa shape index (κ3) is 7.80. The first-order valence-electron chi connectivity index (χ1n) is 30.6. The Balaban J connectivity index is 0.820. The number of anilines is 5. The summed E-state index contributed by atoms with van der Waals surface area (Å²) >= 11 is 0. The minimum atomic E-state index is -0.559. The van der Waals surface area contributed by atoms with Gasteiger partial charge in [0.25, 0.3) is 0 Å². The van der Waals surface area contributed by atoms with Crippen molar-refractivity contribution in [2.45, 2.75) is 17.8 Å². The van der Waals surface area contributed by atoms with E-state index in [0.717, 1.165) is 83.4 Å². The Labute approximate surface area is 517 Å². The average Bonchev–Trinajstić information content (AvgIpc) is 1.72. The van der Waals surface area contributed by atoms with E-state index < -0.39 is 10.8 Å². The molecular formula is C85H58N2O2. The normalized spacial score (nSPS) is 13.5. The maximum absolute atomic E-state index is 6.83. The molecule has 89 heavy (non-hydrogen) atoms. The third-order valence-corrected chi connectivity index (χ3v) is 18.9. The van der Waals surface area contributed by atoms with Gasteiger partial charge in [-0.05, 0) is 188 Å². The molecule has 0 aliphatic heterocycles. The number of hydrogen-bond acceptors (Lipinski definition) is 4. The molecule has 2 aliphatic rings. The van der Waals surface area contributed by atoms with Gasteiger partial charge in [-0.25, -0.2) is 0 Å². The highest BCUT2D eigenvalue weighted by atomic mass is 16.3. The predicted molar refractivity (Wildman–Crippen MR) is 369 cm³/mol. The van der Waals surface area contributed by atoms with Crippen LogP contribution < -0.4 is 9.80 Å². The summed E-state index contributed by atoms with van der Waals surface area (Å²) in [4.78, 5) is 4.76. The number of nitrogens with zero attached hydrogens (tertiary/aromatic N) is 2. The van der Waals surface area contributed by atoms with E-state index in [4.69, 9.17) is 8.83 Å². The van der Waals surface area contributed by atoms with Crippen molar-refractivity contribution in [3.05, 3.63) is 377 Å². The third-order valence-electron chi connectivity index (χ3n) is 18.9. The van der Waals surface area contributed by atoms with Gasteiger partial charge in [-0.2, -0.15) is 0 Å². The van der Waals surface area contributed by atoms with Crippen molar-refractivity contribution in [2.24, 2.45) is 0 Å². The molecule has 0 amide bonds. The second-order valence-corrected chi connectivity index (χ2v) is 23.5. The summed E-state index contributed by atoms with van der Waals surface area (Å²) in [7, 11) is 0. The Hall–Kier alpha value is -11.5. The molecule has 0 unspecified atom stereocenters. The van der Waals surface area contributed by atoms with Gasteiger partial charge in [0.05, 0.1) is 10.8 Å². The highest BCUT2D eigenvalue weighted by Crippen LogP contribution is 2.59. The Morgan fingerprint density at radius 3 is 1.27 bits per heavy atom. The first-order chi connectivity index (χ1) is 44.0. The van der Waals surface area contributed by atoms with E-state index in [9.17, 15) is 0 Å². The van der Waals surface area contributed by atoms with Gasteiger partial charge in [0.2, 0.25) is 0 Å². The first kappa shape index (κ1) is 51.9. The van der Waals surface area contributed by atoms with Crippen molar-refractivity contribution >= 4 is 84.3 Å². The molecular weight excluding hydrogens is 1080 g/mol. The molecule has 420 valence electrons. The average molecular weight is 1140 g/mol. The number of benzene rings is 13. The van der Waals surface area contributed by atoms with Crippen LogP contribution in [-0.4, -0.2) is 0 Å². The summed E-state index contributed by atoms with van der Waals surface area (Å²) in [6, 6.07) is 113. The molecule has 4 heteroatoms. The van der Waals surface area contributed by atoms with Crippen molar-refractivity contribution in [3.8, 4) is 22.3 Å². The number of fused-ring (bicyclic) bond motifs is 13. The number of allylic oxidation sites excluding steroid dienone is 1. The van der Waals surface area contributed by atoms with Crippen LogP contribution in [-0.2, 0) is 10.8 Å². The maximum atomic E-state index is 6.83. The quantitative estimate of drug-likeness (QED) is 0.122. The van der Waals surface area contributed by atoms with E-state index in [1.807, 2.05) is 6.08 Å². The largest absolute Gasteiger partial charge is 0.456 e. The Morgan fingerprint density at radius 1 is 0.337 bits per heavy atom. The molecule has 2 aromatic heterocycles. The standard InChI is InChI=1S/C85H58N2O2/c1-3-78-72(52-56(2)86(61-32-12-6-13-33-61)63-36-24-30-59(53-63)84(57-26-8-4-9-27-57)74-42-20-16-38-66(74)67-39-17-21-43-75(67)84)82-70-48-51-81-83(71(70)47-50-80(82)88-78)73-55-65(46-49-79(73)89-81)87(62-34-14-7-15-35-62)64-37-25-31-60(54-64)85(58-28-10-5-11-29-58)76-44-22-18-40-68(76)69-41-19-23-45-77(69)85/h3-55H,1H2,2H3/b56-52+. The smallest absolute Gasteiger partial charge is 0.136 e. The Kier molecular flexibility index (Phi) is 12.0. The van der Waals surface area contributed by atoms with Crippen LogP contribution in [0.3, 0.4) is 0 Å². The number of rotatable bonds is 12. The van der Waals surface area contributed by atoms with Crippen LogP contribution in [0.15, 0.2) is 330 Å². The van der Waals surface area contributed by atoms with Crippen LogP contribution in [0, 0.1) is 0 Å². The van der Waals surface area contributed by atoms with Gasteiger partial charge < -0.3 is 18.6 Å². The molecule has 2 heterocycles. The van der Waals surface area contributed by atoms with Crippen LogP contribution in [0.5, 0.6) is 0 Å². The molecule has 15 aromatic rings. The number of para-hydroxylation sites is 2. The molecule has 2 aliphatic carbocycles. The summed E-state index contributed by atoms with van der Waals surface area (Å²) in [5, 5.41) is 5.21. The van der Waals surface area contributed by atoms with Gasteiger partial charge in [-0.3, -0.25) is 0 Å². The molecule has 4 nitrogen and oxygen atoms in total. The van der Waals surface area contributed by atoms with Gasteiger partial charge in [0.1, 0.15) is 22.5 Å². The molecule has 0 saturated heterocycles. The molecule has 17 rings (SSSR count). The van der Waals surface area contributed by atoms with E-state index in [0.29, 0.717) is 5.76 Å². The lowest BCUT2D eigenvalue weighted by Gasteiger charge is -2.35. The summed E-state index contributed by atoms with van der Waals surface area (Å²) < 4.78 is 13.6. The first-order valence-corrected chi connectivity index (χ1v) is 30.6. The molecule has 0 N–H and O–H groups in total. The van der Waals surface area contributed by atoms with E-state index in [1.54, 1.807) is 0 Å². The minimum Gasteiger partial charge on any atom is -0.456 e. The summed E-state index contributed by atoms with van der Waals surface area (Å²) in [5.41, 5.74) is 23.5. The summed E-state index contributed by atoms with van der Waals surface area (Å²) in [5.74, 6) is 0.703. The van der Waals surface area contributed by atoms with Crippen LogP contribution >= 0.6 is 0 Å². The Morgan fingerprint density at radius 2 is 0.742 bits per heavy atom. The lowest BCUT2D eigenvalue weighted by molar-refractivity contribution is 0.603. The predicted octanol–water partition coefficient (Wildman–Crippen LogP) is 22.5. The van der Waals surface area contributed by atoms with Crippen LogP contribution in [0.25, 0.3) is 78.1 Å². The molecule has 0 radical (unpaired) electrons. The van der Waals surface area contributed by atoms with E-state index in [2.05, 4.69) is 339 Å². The van der Waals surface area contributed by atoms with E-state index in [-0.39, 0.29) is 0 Å². The highest BCUT2D eigenvalue weighted by Gasteiger charge is 2.47. The van der Waals surface area contributed by atoms with Crippen molar-refractivity contribution < 1.29 is 8.83 Å². The molecule has 0 fully saturated rings. The molecule has 0 spiro atoms. The monoisotopic (exact) mass is 1140 g/mol. The van der Waals surface area contributed by atoms with Gasteiger partial charge in [-0.1, -0.05) is 225 Å². The van der Waals surface area contributed by atoms with Gasteiger partial charge >= 0.3 is 0 Å². The van der Waals surface area contributed by atoms with Crippen molar-refractivity contribution in [3.63, 3.8) is 0 Å². The summed E-state index contributed by atoms with van der Waals surface area (Å²) in [6.45, 7) is 6.54. The molecule has 0 bridgehead atoms. The SMILES string of the molecule is C=Cc1oc2ccc3c(ccc4oc5ccc(N(c6ccccc6)c6cccc(C7(c8ccccc8)c8ccccc8-c8ccccc87)c6)cc5c43)c2c1/C=C(\C)N(c1ccccc1)c1cccc(C2(c3ccccc3)c3ccccc3-c3ccccc32)c1. The van der Waals surface area contributed by atoms with Gasteiger partial charge in [0.15, 0.2) is 0 Å². The topological polar surface area (TPSA) is 32.8 Å². The van der Waals surface area contributed by atoms with Crippen molar-refractivity contribution in [1.82, 2.24) is 0 Å². The van der Waals surface area contributed by atoms with Gasteiger partial charge in [0, 0.05) is 55.9 Å². The second-order valence-electron chi connectivity index (χ2n) is 23.5. The lowest BCUT2D eigenvalue weighted by Crippen LogP contribution is -2.29. The van der Waals surface area contributed by atoms with Crippen LogP contribution in [0.2, 0.25) is 0 Å².